The highest BCUT2D eigenvalue weighted by Crippen LogP contribution is 2.26. The van der Waals surface area contributed by atoms with E-state index < -0.39 is 38.3 Å². The molecule has 0 radical (unpaired) electrons. The van der Waals surface area contributed by atoms with E-state index in [0.717, 1.165) is 28.3 Å². The fourth-order valence-corrected chi connectivity index (χ4v) is 5.22. The van der Waals surface area contributed by atoms with Crippen LogP contribution in [0.15, 0.2) is 77.7 Å². The van der Waals surface area contributed by atoms with E-state index in [-0.39, 0.29) is 21.7 Å². The van der Waals surface area contributed by atoms with Gasteiger partial charge in [-0.25, -0.2) is 21.2 Å². The molecule has 0 unspecified atom stereocenters. The van der Waals surface area contributed by atoms with Crippen molar-refractivity contribution in [1.29, 1.82) is 0 Å². The Kier molecular flexibility index (Phi) is 7.75. The van der Waals surface area contributed by atoms with Crippen molar-refractivity contribution in [3.05, 3.63) is 84.2 Å². The van der Waals surface area contributed by atoms with Crippen LogP contribution in [-0.2, 0) is 30.3 Å². The molecule has 0 aliphatic heterocycles. The maximum absolute atomic E-state index is 13.0. The van der Waals surface area contributed by atoms with Gasteiger partial charge in [0.25, 0.3) is 10.0 Å². The van der Waals surface area contributed by atoms with Gasteiger partial charge >= 0.3 is 0 Å². The van der Waals surface area contributed by atoms with Crippen molar-refractivity contribution in [3.63, 3.8) is 0 Å². The number of hydrogen-bond donors (Lipinski definition) is 2. The first-order valence-corrected chi connectivity index (χ1v) is 14.2. The van der Waals surface area contributed by atoms with Gasteiger partial charge in [-0.1, -0.05) is 32.9 Å². The number of hydrogen-bond acceptors (Lipinski definition) is 5. The molecule has 11 heteroatoms. The molecule has 192 valence electrons. The lowest BCUT2D eigenvalue weighted by molar-refractivity contribution is -0.114. The van der Waals surface area contributed by atoms with Gasteiger partial charge in [0.05, 0.1) is 16.8 Å². The van der Waals surface area contributed by atoms with Gasteiger partial charge in [0.2, 0.25) is 15.9 Å². The van der Waals surface area contributed by atoms with Gasteiger partial charge in [-0.3, -0.25) is 13.8 Å². The molecule has 1 amide bonds. The Balaban J connectivity index is 1.71. The molecule has 0 atom stereocenters. The lowest BCUT2D eigenvalue weighted by Gasteiger charge is -2.24. The van der Waals surface area contributed by atoms with E-state index in [1.165, 1.54) is 36.4 Å². The number of rotatable bonds is 8. The van der Waals surface area contributed by atoms with E-state index in [1.54, 1.807) is 12.1 Å². The van der Waals surface area contributed by atoms with Crippen LogP contribution < -0.4 is 14.3 Å². The third kappa shape index (κ3) is 7.05. The molecule has 0 saturated heterocycles. The molecule has 0 saturated carbocycles. The van der Waals surface area contributed by atoms with E-state index in [2.05, 4.69) is 10.0 Å². The van der Waals surface area contributed by atoms with Crippen LogP contribution in [0.25, 0.3) is 0 Å². The Bertz CT molecular complexity index is 1430. The topological polar surface area (TPSA) is 113 Å². The molecular formula is C25H28FN3O5S2. The summed E-state index contributed by atoms with van der Waals surface area (Å²) in [6.45, 7) is 5.66. The number of nitrogens with zero attached hydrogens (tertiary/aromatic N) is 1. The lowest BCUT2D eigenvalue weighted by atomic mass is 9.87. The molecule has 0 bridgehead atoms. The predicted molar refractivity (Wildman–Crippen MR) is 140 cm³/mol. The number of anilines is 3. The minimum Gasteiger partial charge on any atom is -0.325 e. The SMILES string of the molecule is CC(C)(C)c1ccc(N(CC(=O)Nc2ccc(S(=O)(=O)Nc3ccc(F)cc3)cc2)S(C)(=O)=O)cc1. The smallest absolute Gasteiger partial charge is 0.261 e. The van der Waals surface area contributed by atoms with Gasteiger partial charge in [0, 0.05) is 11.4 Å². The minimum absolute atomic E-state index is 0.0680. The Hall–Kier alpha value is -3.44. The number of amides is 1. The quantitative estimate of drug-likeness (QED) is 0.448. The summed E-state index contributed by atoms with van der Waals surface area (Å²) < 4.78 is 66.2. The number of benzene rings is 3. The Morgan fingerprint density at radius 2 is 1.36 bits per heavy atom. The van der Waals surface area contributed by atoms with E-state index in [4.69, 9.17) is 0 Å². The van der Waals surface area contributed by atoms with Gasteiger partial charge in [0.1, 0.15) is 12.4 Å². The van der Waals surface area contributed by atoms with Crippen molar-refractivity contribution in [2.75, 3.05) is 27.1 Å². The van der Waals surface area contributed by atoms with Crippen LogP contribution in [0.3, 0.4) is 0 Å². The summed E-state index contributed by atoms with van der Waals surface area (Å²) in [5.74, 6) is -1.09. The number of halogens is 1. The van der Waals surface area contributed by atoms with Crippen LogP contribution in [0.4, 0.5) is 21.5 Å². The summed E-state index contributed by atoms with van der Waals surface area (Å²) in [6, 6.07) is 17.2. The second-order valence-electron chi connectivity index (χ2n) is 9.25. The monoisotopic (exact) mass is 533 g/mol. The van der Waals surface area contributed by atoms with Crippen molar-refractivity contribution < 1.29 is 26.0 Å². The number of carbonyl (C=O) groups is 1. The molecule has 0 aliphatic carbocycles. The number of sulfonamides is 2. The van der Waals surface area contributed by atoms with Gasteiger partial charge in [-0.2, -0.15) is 0 Å². The van der Waals surface area contributed by atoms with E-state index in [1.807, 2.05) is 32.9 Å². The van der Waals surface area contributed by atoms with Gasteiger partial charge in [-0.05, 0) is 71.6 Å². The second kappa shape index (κ2) is 10.3. The maximum atomic E-state index is 13.0. The Morgan fingerprint density at radius 3 is 1.86 bits per heavy atom. The number of nitrogens with one attached hydrogen (secondary N) is 2. The van der Waals surface area contributed by atoms with Crippen molar-refractivity contribution in [3.8, 4) is 0 Å². The molecule has 2 N–H and O–H groups in total. The first-order valence-electron chi connectivity index (χ1n) is 10.9. The van der Waals surface area contributed by atoms with Gasteiger partial charge < -0.3 is 5.32 Å². The first-order chi connectivity index (χ1) is 16.6. The van der Waals surface area contributed by atoms with Crippen molar-refractivity contribution in [2.45, 2.75) is 31.1 Å². The molecule has 0 aliphatic rings. The summed E-state index contributed by atoms with van der Waals surface area (Å²) >= 11 is 0. The fraction of sp³-hybridized carbons (Fsp3) is 0.240. The van der Waals surface area contributed by atoms with E-state index >= 15 is 0 Å². The largest absolute Gasteiger partial charge is 0.325 e. The molecule has 0 heterocycles. The molecule has 3 aromatic carbocycles. The zero-order valence-electron chi connectivity index (χ0n) is 20.3. The average molecular weight is 534 g/mol. The predicted octanol–water partition coefficient (Wildman–Crippen LogP) is 4.33. The van der Waals surface area contributed by atoms with Crippen LogP contribution in [0, 0.1) is 5.82 Å². The molecule has 36 heavy (non-hydrogen) atoms. The molecular weight excluding hydrogens is 505 g/mol. The first kappa shape index (κ1) is 27.2. The summed E-state index contributed by atoms with van der Waals surface area (Å²) in [5, 5.41) is 2.58. The minimum atomic E-state index is -3.93. The van der Waals surface area contributed by atoms with Crippen molar-refractivity contribution in [1.82, 2.24) is 0 Å². The molecule has 0 fully saturated rings. The zero-order valence-corrected chi connectivity index (χ0v) is 22.0. The highest BCUT2D eigenvalue weighted by Gasteiger charge is 2.22. The van der Waals surface area contributed by atoms with Crippen molar-refractivity contribution >= 4 is 43.0 Å². The maximum Gasteiger partial charge on any atom is 0.261 e. The van der Waals surface area contributed by atoms with Crippen LogP contribution in [0.1, 0.15) is 26.3 Å². The highest BCUT2D eigenvalue weighted by atomic mass is 32.2. The van der Waals surface area contributed by atoms with E-state index in [0.29, 0.717) is 5.69 Å². The normalized spacial score (nSPS) is 12.1. The second-order valence-corrected chi connectivity index (χ2v) is 12.8. The molecule has 0 spiro atoms. The molecule has 3 rings (SSSR count). The third-order valence-corrected chi connectivity index (χ3v) is 7.79. The van der Waals surface area contributed by atoms with Crippen LogP contribution in [0.2, 0.25) is 0 Å². The highest BCUT2D eigenvalue weighted by molar-refractivity contribution is 7.92. The molecule has 8 nitrogen and oxygen atoms in total. The fourth-order valence-electron chi connectivity index (χ4n) is 3.31. The summed E-state index contributed by atoms with van der Waals surface area (Å²) in [4.78, 5) is 12.6. The summed E-state index contributed by atoms with van der Waals surface area (Å²) in [7, 11) is -7.68. The lowest BCUT2D eigenvalue weighted by Crippen LogP contribution is -2.37. The van der Waals surface area contributed by atoms with E-state index in [9.17, 15) is 26.0 Å². The van der Waals surface area contributed by atoms with Crippen LogP contribution in [0.5, 0.6) is 0 Å². The molecule has 3 aromatic rings. The third-order valence-electron chi connectivity index (χ3n) is 5.25. The van der Waals surface area contributed by atoms with Crippen LogP contribution in [-0.4, -0.2) is 35.5 Å². The van der Waals surface area contributed by atoms with Gasteiger partial charge in [-0.15, -0.1) is 0 Å². The van der Waals surface area contributed by atoms with Crippen molar-refractivity contribution in [2.24, 2.45) is 0 Å². The van der Waals surface area contributed by atoms with Crippen LogP contribution >= 0.6 is 0 Å². The Labute approximate surface area is 211 Å². The summed E-state index contributed by atoms with van der Waals surface area (Å²) in [5.41, 5.74) is 1.75. The Morgan fingerprint density at radius 1 is 0.833 bits per heavy atom. The standard InChI is InChI=1S/C25H28FN3O5S2/c1-25(2,3)18-5-13-22(14-6-18)29(35(4,31)32)17-24(30)27-20-11-15-23(16-12-20)36(33,34)28-21-9-7-19(26)8-10-21/h5-16,28H,17H2,1-4H3,(H,27,30). The average Bonchev–Trinajstić information content (AvgIpc) is 2.78. The summed E-state index contributed by atoms with van der Waals surface area (Å²) in [6.07, 6.45) is 1.02. The zero-order chi connectivity index (χ0) is 26.7. The number of carbonyl (C=O) groups excluding carboxylic acids is 1. The van der Waals surface area contributed by atoms with Gasteiger partial charge in [0.15, 0.2) is 0 Å². The molecule has 0 aromatic heterocycles.